The first kappa shape index (κ1) is 8.58. The van der Waals surface area contributed by atoms with Crippen LogP contribution >= 0.6 is 22.6 Å². The highest BCUT2D eigenvalue weighted by Crippen LogP contribution is 2.14. The van der Waals surface area contributed by atoms with Gasteiger partial charge in [0, 0.05) is 4.08 Å². The van der Waals surface area contributed by atoms with Crippen LogP contribution in [0.2, 0.25) is 0 Å². The quantitative estimate of drug-likeness (QED) is 0.713. The molecular weight excluding hydrogens is 263 g/mol. The van der Waals surface area contributed by atoms with E-state index in [-0.39, 0.29) is 5.69 Å². The van der Waals surface area contributed by atoms with E-state index in [4.69, 9.17) is 0 Å². The van der Waals surface area contributed by atoms with Crippen molar-refractivity contribution in [3.05, 3.63) is 33.9 Å². The number of pyridine rings is 1. The van der Waals surface area contributed by atoms with Crippen molar-refractivity contribution in [3.63, 3.8) is 0 Å². The van der Waals surface area contributed by atoms with Gasteiger partial charge in [-0.2, -0.15) is 0 Å². The average Bonchev–Trinajstić information content (AvgIpc) is 2.05. The molecule has 0 saturated heterocycles. The lowest BCUT2D eigenvalue weighted by Gasteiger charge is -1.93. The van der Waals surface area contributed by atoms with E-state index in [9.17, 15) is 8.78 Å². The SMILES string of the molecule is FC(=CI)c1ccc(F)cn1. The molecule has 0 unspecified atom stereocenters. The molecule has 1 aromatic heterocycles. The predicted octanol–water partition coefficient (Wildman–Crippen LogP) is 2.92. The average molecular weight is 267 g/mol. The molecule has 0 N–H and O–H groups in total. The van der Waals surface area contributed by atoms with Crippen LogP contribution in [0, 0.1) is 5.82 Å². The zero-order valence-electron chi connectivity index (χ0n) is 5.39. The third-order valence-corrected chi connectivity index (χ3v) is 1.61. The van der Waals surface area contributed by atoms with E-state index in [1.54, 1.807) is 22.6 Å². The van der Waals surface area contributed by atoms with Gasteiger partial charge in [-0.15, -0.1) is 0 Å². The first-order valence-corrected chi connectivity index (χ1v) is 4.06. The van der Waals surface area contributed by atoms with Gasteiger partial charge in [0.05, 0.1) is 11.9 Å². The lowest BCUT2D eigenvalue weighted by atomic mass is 10.3. The summed E-state index contributed by atoms with van der Waals surface area (Å²) in [5.41, 5.74) is 0.154. The third-order valence-electron chi connectivity index (χ3n) is 1.07. The van der Waals surface area contributed by atoms with E-state index in [2.05, 4.69) is 4.98 Å². The summed E-state index contributed by atoms with van der Waals surface area (Å²) >= 11 is 1.75. The first-order valence-electron chi connectivity index (χ1n) is 2.82. The molecule has 1 rings (SSSR count). The highest BCUT2D eigenvalue weighted by molar-refractivity contribution is 14.1. The molecule has 0 spiro atoms. The molecule has 0 aromatic carbocycles. The lowest BCUT2D eigenvalue weighted by molar-refractivity contribution is 0.620. The Morgan fingerprint density at radius 3 is 2.73 bits per heavy atom. The number of hydrogen-bond donors (Lipinski definition) is 0. The third kappa shape index (κ3) is 2.21. The molecule has 0 aliphatic carbocycles. The smallest absolute Gasteiger partial charge is 0.154 e. The van der Waals surface area contributed by atoms with E-state index in [1.807, 2.05) is 0 Å². The molecule has 0 aliphatic heterocycles. The lowest BCUT2D eigenvalue weighted by Crippen LogP contribution is -1.84. The molecule has 11 heavy (non-hydrogen) atoms. The standard InChI is InChI=1S/C7H4F2IN/c8-5-1-2-7(11-4-5)6(9)3-10/h1-4H. The Morgan fingerprint density at radius 2 is 2.27 bits per heavy atom. The molecule has 0 amide bonds. The second-order valence-electron chi connectivity index (χ2n) is 1.82. The molecule has 1 heterocycles. The van der Waals surface area contributed by atoms with Crippen LogP contribution in [0.15, 0.2) is 22.4 Å². The highest BCUT2D eigenvalue weighted by atomic mass is 127. The number of rotatable bonds is 1. The summed E-state index contributed by atoms with van der Waals surface area (Å²) in [6, 6.07) is 2.46. The first-order chi connectivity index (χ1) is 5.24. The zero-order chi connectivity index (χ0) is 8.27. The Hall–Kier alpha value is -0.520. The van der Waals surface area contributed by atoms with E-state index in [0.717, 1.165) is 6.20 Å². The van der Waals surface area contributed by atoms with Crippen LogP contribution < -0.4 is 0 Å². The van der Waals surface area contributed by atoms with Gasteiger partial charge in [-0.1, -0.05) is 0 Å². The Labute approximate surface area is 76.3 Å². The van der Waals surface area contributed by atoms with Gasteiger partial charge in [0.25, 0.3) is 0 Å². The molecule has 58 valence electrons. The molecule has 0 atom stereocenters. The number of halogens is 3. The van der Waals surface area contributed by atoms with Crippen molar-refractivity contribution >= 4 is 28.4 Å². The van der Waals surface area contributed by atoms with E-state index < -0.39 is 11.6 Å². The largest absolute Gasteiger partial charge is 0.251 e. The van der Waals surface area contributed by atoms with Crippen molar-refractivity contribution in [3.8, 4) is 0 Å². The number of aromatic nitrogens is 1. The Balaban J connectivity index is 2.99. The minimum atomic E-state index is -0.463. The second-order valence-corrected chi connectivity index (χ2v) is 2.44. The summed E-state index contributed by atoms with van der Waals surface area (Å²) in [6.45, 7) is 0. The molecular formula is C7H4F2IN. The highest BCUT2D eigenvalue weighted by Gasteiger charge is 1.99. The van der Waals surface area contributed by atoms with Gasteiger partial charge in [-0.25, -0.2) is 8.78 Å². The predicted molar refractivity (Wildman–Crippen MR) is 47.3 cm³/mol. The van der Waals surface area contributed by atoms with Gasteiger partial charge >= 0.3 is 0 Å². The molecule has 0 bridgehead atoms. The molecule has 0 fully saturated rings. The molecule has 0 radical (unpaired) electrons. The van der Waals surface area contributed by atoms with Crippen molar-refractivity contribution in [1.29, 1.82) is 0 Å². The normalized spacial score (nSPS) is 11.7. The van der Waals surface area contributed by atoms with Crippen LogP contribution in [-0.4, -0.2) is 4.98 Å². The van der Waals surface area contributed by atoms with Crippen molar-refractivity contribution in [2.24, 2.45) is 0 Å². The van der Waals surface area contributed by atoms with Crippen LogP contribution in [0.25, 0.3) is 5.83 Å². The maximum Gasteiger partial charge on any atom is 0.154 e. The van der Waals surface area contributed by atoms with Gasteiger partial charge in [-0.05, 0) is 34.7 Å². The van der Waals surface area contributed by atoms with Crippen LogP contribution in [-0.2, 0) is 0 Å². The minimum Gasteiger partial charge on any atom is -0.251 e. The zero-order valence-corrected chi connectivity index (χ0v) is 7.55. The summed E-state index contributed by atoms with van der Waals surface area (Å²) in [6.07, 6.45) is 0.981. The van der Waals surface area contributed by atoms with Crippen LogP contribution in [0.3, 0.4) is 0 Å². The molecule has 4 heteroatoms. The van der Waals surface area contributed by atoms with E-state index in [0.29, 0.717) is 0 Å². The summed E-state index contributed by atoms with van der Waals surface area (Å²) in [5.74, 6) is -0.916. The Kier molecular flexibility index (Phi) is 2.92. The molecule has 1 nitrogen and oxygen atoms in total. The van der Waals surface area contributed by atoms with Gasteiger partial charge in [0.15, 0.2) is 5.83 Å². The fourth-order valence-corrected chi connectivity index (χ4v) is 0.892. The van der Waals surface area contributed by atoms with Crippen molar-refractivity contribution < 1.29 is 8.78 Å². The van der Waals surface area contributed by atoms with Crippen LogP contribution in [0.5, 0.6) is 0 Å². The molecule has 0 aliphatic rings. The fourth-order valence-electron chi connectivity index (χ4n) is 0.573. The van der Waals surface area contributed by atoms with Gasteiger partial charge in [-0.3, -0.25) is 4.98 Å². The van der Waals surface area contributed by atoms with Crippen LogP contribution in [0.1, 0.15) is 5.69 Å². The van der Waals surface area contributed by atoms with Gasteiger partial charge < -0.3 is 0 Å². The monoisotopic (exact) mass is 267 g/mol. The second kappa shape index (κ2) is 3.75. The van der Waals surface area contributed by atoms with Crippen molar-refractivity contribution in [1.82, 2.24) is 4.98 Å². The van der Waals surface area contributed by atoms with Crippen LogP contribution in [0.4, 0.5) is 8.78 Å². The topological polar surface area (TPSA) is 12.9 Å². The molecule has 0 saturated carbocycles. The summed E-state index contributed by atoms with van der Waals surface area (Å²) < 4.78 is 26.2. The van der Waals surface area contributed by atoms with Gasteiger partial charge in [0.2, 0.25) is 0 Å². The Bertz CT molecular complexity index is 268. The number of hydrogen-bond acceptors (Lipinski definition) is 1. The van der Waals surface area contributed by atoms with E-state index >= 15 is 0 Å². The van der Waals surface area contributed by atoms with Gasteiger partial charge in [0.1, 0.15) is 5.82 Å². The summed E-state index contributed by atoms with van der Waals surface area (Å²) in [4.78, 5) is 3.53. The molecule has 1 aromatic rings. The minimum absolute atomic E-state index is 0.154. The summed E-state index contributed by atoms with van der Waals surface area (Å²) in [5, 5.41) is 0. The summed E-state index contributed by atoms with van der Waals surface area (Å²) in [7, 11) is 0. The maximum absolute atomic E-state index is 12.7. The van der Waals surface area contributed by atoms with Crippen molar-refractivity contribution in [2.75, 3.05) is 0 Å². The van der Waals surface area contributed by atoms with E-state index in [1.165, 1.54) is 16.2 Å². The fraction of sp³-hybridized carbons (Fsp3) is 0. The Morgan fingerprint density at radius 1 is 1.55 bits per heavy atom. The number of nitrogens with zero attached hydrogens (tertiary/aromatic N) is 1. The van der Waals surface area contributed by atoms with Crippen molar-refractivity contribution in [2.45, 2.75) is 0 Å². The maximum atomic E-state index is 12.7.